The van der Waals surface area contributed by atoms with E-state index in [-0.39, 0.29) is 4.90 Å². The Morgan fingerprint density at radius 3 is 2.48 bits per heavy atom. The van der Waals surface area contributed by atoms with Crippen molar-refractivity contribution < 1.29 is 17.3 Å². The first kappa shape index (κ1) is 21.4. The predicted molar refractivity (Wildman–Crippen MR) is 118 cm³/mol. The Balaban J connectivity index is 1.45. The molecule has 1 unspecified atom stereocenters. The number of rotatable bonds is 9. The van der Waals surface area contributed by atoms with Crippen LogP contribution in [0, 0.1) is 6.92 Å². The molecule has 2 heterocycles. The molecule has 4 rings (SSSR count). The van der Waals surface area contributed by atoms with Crippen LogP contribution in [0.1, 0.15) is 23.6 Å². The fourth-order valence-electron chi connectivity index (χ4n) is 2.98. The van der Waals surface area contributed by atoms with Gasteiger partial charge in [0.05, 0.1) is 11.2 Å². The maximum absolute atomic E-state index is 12.9. The highest BCUT2D eigenvalue weighted by molar-refractivity contribution is 7.99. The van der Waals surface area contributed by atoms with Crippen LogP contribution >= 0.6 is 11.8 Å². The SMILES string of the molecule is Cc1ccc(S(=O)(=O)NC(CCSc2nnc(-c3ccco3)o2)c2ccccc2)cc1. The molecule has 4 aromatic rings. The maximum Gasteiger partial charge on any atom is 0.284 e. The summed E-state index contributed by atoms with van der Waals surface area (Å²) in [6.45, 7) is 1.92. The number of hydrogen-bond donors (Lipinski definition) is 1. The number of aryl methyl sites for hydroxylation is 1. The van der Waals surface area contributed by atoms with Gasteiger partial charge in [-0.3, -0.25) is 0 Å². The molecule has 0 aliphatic carbocycles. The quantitative estimate of drug-likeness (QED) is 0.361. The topological polar surface area (TPSA) is 98.2 Å². The van der Waals surface area contributed by atoms with Gasteiger partial charge in [0.2, 0.25) is 10.0 Å². The highest BCUT2D eigenvalue weighted by Gasteiger charge is 2.22. The van der Waals surface area contributed by atoms with E-state index in [1.807, 2.05) is 37.3 Å². The Labute approximate surface area is 184 Å². The van der Waals surface area contributed by atoms with Crippen molar-refractivity contribution in [1.29, 1.82) is 0 Å². The van der Waals surface area contributed by atoms with Crippen LogP contribution < -0.4 is 4.72 Å². The highest BCUT2D eigenvalue weighted by Crippen LogP contribution is 2.27. The Kier molecular flexibility index (Phi) is 6.55. The molecule has 0 amide bonds. The smallest absolute Gasteiger partial charge is 0.284 e. The molecular formula is C22H21N3O4S2. The number of nitrogens with one attached hydrogen (secondary N) is 1. The fraction of sp³-hybridized carbons (Fsp3) is 0.182. The van der Waals surface area contributed by atoms with Gasteiger partial charge in [-0.05, 0) is 43.2 Å². The lowest BCUT2D eigenvalue weighted by molar-refractivity contribution is 0.447. The Hall–Kier alpha value is -2.88. The molecule has 7 nitrogen and oxygen atoms in total. The van der Waals surface area contributed by atoms with E-state index < -0.39 is 16.1 Å². The normalized spacial score (nSPS) is 12.7. The molecule has 2 aromatic carbocycles. The Bertz CT molecular complexity index is 1210. The van der Waals surface area contributed by atoms with Crippen LogP contribution in [0.4, 0.5) is 0 Å². The lowest BCUT2D eigenvalue weighted by Gasteiger charge is -2.19. The summed E-state index contributed by atoms with van der Waals surface area (Å²) in [5.41, 5.74) is 1.89. The third kappa shape index (κ3) is 5.43. The van der Waals surface area contributed by atoms with E-state index in [0.29, 0.717) is 29.0 Å². The zero-order chi connectivity index (χ0) is 21.7. The molecule has 160 valence electrons. The molecule has 0 aliphatic rings. The first-order chi connectivity index (χ1) is 15.0. The predicted octanol–water partition coefficient (Wildman–Crippen LogP) is 4.84. The molecule has 0 spiro atoms. The summed E-state index contributed by atoms with van der Waals surface area (Å²) in [6.07, 6.45) is 2.08. The minimum atomic E-state index is -3.67. The lowest BCUT2D eigenvalue weighted by atomic mass is 10.1. The van der Waals surface area contributed by atoms with E-state index in [1.165, 1.54) is 18.0 Å². The van der Waals surface area contributed by atoms with Crippen molar-refractivity contribution in [3.05, 3.63) is 84.1 Å². The summed E-state index contributed by atoms with van der Waals surface area (Å²) in [5, 5.41) is 8.40. The molecule has 0 saturated heterocycles. The molecular weight excluding hydrogens is 434 g/mol. The minimum Gasteiger partial charge on any atom is -0.459 e. The average Bonchev–Trinajstić information content (AvgIpc) is 3.46. The fourth-order valence-corrected chi connectivity index (χ4v) is 5.01. The van der Waals surface area contributed by atoms with E-state index in [2.05, 4.69) is 14.9 Å². The number of aromatic nitrogens is 2. The van der Waals surface area contributed by atoms with Crippen molar-refractivity contribution in [1.82, 2.24) is 14.9 Å². The van der Waals surface area contributed by atoms with E-state index in [4.69, 9.17) is 8.83 Å². The number of nitrogens with zero attached hydrogens (tertiary/aromatic N) is 2. The average molecular weight is 456 g/mol. The van der Waals surface area contributed by atoms with Gasteiger partial charge in [-0.2, -0.15) is 0 Å². The summed E-state index contributed by atoms with van der Waals surface area (Å²) in [5.74, 6) is 1.40. The van der Waals surface area contributed by atoms with E-state index in [9.17, 15) is 8.42 Å². The van der Waals surface area contributed by atoms with Gasteiger partial charge >= 0.3 is 0 Å². The molecule has 2 aromatic heterocycles. The van der Waals surface area contributed by atoms with Crippen LogP contribution in [-0.2, 0) is 10.0 Å². The van der Waals surface area contributed by atoms with Gasteiger partial charge < -0.3 is 8.83 Å². The van der Waals surface area contributed by atoms with Crippen LogP contribution in [0.2, 0.25) is 0 Å². The van der Waals surface area contributed by atoms with Gasteiger partial charge in [0.25, 0.3) is 11.1 Å². The van der Waals surface area contributed by atoms with E-state index in [0.717, 1.165) is 11.1 Å². The van der Waals surface area contributed by atoms with Crippen molar-refractivity contribution in [3.63, 3.8) is 0 Å². The summed E-state index contributed by atoms with van der Waals surface area (Å²) >= 11 is 1.37. The largest absolute Gasteiger partial charge is 0.459 e. The highest BCUT2D eigenvalue weighted by atomic mass is 32.2. The Morgan fingerprint density at radius 1 is 1.00 bits per heavy atom. The first-order valence-electron chi connectivity index (χ1n) is 9.65. The van der Waals surface area contributed by atoms with Crippen LogP contribution in [0.5, 0.6) is 0 Å². The lowest BCUT2D eigenvalue weighted by Crippen LogP contribution is -2.29. The first-order valence-corrected chi connectivity index (χ1v) is 12.1. The number of furan rings is 1. The van der Waals surface area contributed by atoms with Crippen LogP contribution in [0.15, 0.2) is 91.9 Å². The Morgan fingerprint density at radius 2 is 1.77 bits per heavy atom. The van der Waals surface area contributed by atoms with Crippen LogP contribution in [-0.4, -0.2) is 24.4 Å². The second-order valence-electron chi connectivity index (χ2n) is 6.89. The number of hydrogen-bond acceptors (Lipinski definition) is 7. The van der Waals surface area contributed by atoms with Gasteiger partial charge in [0, 0.05) is 11.8 Å². The van der Waals surface area contributed by atoms with Gasteiger partial charge in [0.15, 0.2) is 5.76 Å². The van der Waals surface area contributed by atoms with Gasteiger partial charge in [-0.15, -0.1) is 10.2 Å². The standard InChI is InChI=1S/C22H21N3O4S2/c1-16-9-11-18(12-10-16)31(26,27)25-19(17-6-3-2-4-7-17)13-15-30-22-24-23-21(29-22)20-8-5-14-28-20/h2-12,14,19,25H,13,15H2,1H3. The summed E-state index contributed by atoms with van der Waals surface area (Å²) in [4.78, 5) is 0.242. The summed E-state index contributed by atoms with van der Waals surface area (Å²) in [7, 11) is -3.67. The van der Waals surface area contributed by atoms with Crippen molar-refractivity contribution in [2.24, 2.45) is 0 Å². The minimum absolute atomic E-state index is 0.242. The van der Waals surface area contributed by atoms with Crippen molar-refractivity contribution in [3.8, 4) is 11.7 Å². The zero-order valence-corrected chi connectivity index (χ0v) is 18.4. The summed E-state index contributed by atoms with van der Waals surface area (Å²) < 4.78 is 39.5. The molecule has 0 fully saturated rings. The van der Waals surface area contributed by atoms with Crippen LogP contribution in [0.25, 0.3) is 11.7 Å². The molecule has 1 N–H and O–H groups in total. The molecule has 0 radical (unpaired) electrons. The third-order valence-electron chi connectivity index (χ3n) is 4.60. The van der Waals surface area contributed by atoms with Gasteiger partial charge in [-0.25, -0.2) is 13.1 Å². The number of benzene rings is 2. The maximum atomic E-state index is 12.9. The molecule has 0 saturated carbocycles. The molecule has 31 heavy (non-hydrogen) atoms. The second kappa shape index (κ2) is 9.51. The monoisotopic (exact) mass is 455 g/mol. The van der Waals surface area contributed by atoms with Crippen molar-refractivity contribution >= 4 is 21.8 Å². The molecule has 0 bridgehead atoms. The number of thioether (sulfide) groups is 1. The molecule has 1 atom stereocenters. The molecule has 9 heteroatoms. The van der Waals surface area contributed by atoms with Gasteiger partial charge in [-0.1, -0.05) is 59.8 Å². The second-order valence-corrected chi connectivity index (χ2v) is 9.65. The van der Waals surface area contributed by atoms with Crippen molar-refractivity contribution in [2.45, 2.75) is 29.5 Å². The zero-order valence-electron chi connectivity index (χ0n) is 16.8. The third-order valence-corrected chi connectivity index (χ3v) is 6.94. The van der Waals surface area contributed by atoms with Crippen molar-refractivity contribution in [2.75, 3.05) is 5.75 Å². The van der Waals surface area contributed by atoms with Crippen LogP contribution in [0.3, 0.4) is 0 Å². The summed E-state index contributed by atoms with van der Waals surface area (Å²) in [6, 6.07) is 19.4. The van der Waals surface area contributed by atoms with E-state index in [1.54, 1.807) is 36.4 Å². The number of sulfonamides is 1. The molecule has 0 aliphatic heterocycles. The van der Waals surface area contributed by atoms with Gasteiger partial charge in [0.1, 0.15) is 0 Å². The van der Waals surface area contributed by atoms with E-state index >= 15 is 0 Å².